The van der Waals surface area contributed by atoms with Crippen LogP contribution in [0.3, 0.4) is 0 Å². The summed E-state index contributed by atoms with van der Waals surface area (Å²) < 4.78 is 0. The average molecular weight is 437 g/mol. The smallest absolute Gasteiger partial charge is 0.228 e. The number of ketones is 1. The molecule has 2 aliphatic rings. The van der Waals surface area contributed by atoms with E-state index in [0.717, 1.165) is 25.9 Å². The highest BCUT2D eigenvalue weighted by molar-refractivity contribution is 6.31. The molecule has 1 heterocycles. The molecule has 0 radical (unpaired) electrons. The van der Waals surface area contributed by atoms with Crippen molar-refractivity contribution in [1.29, 1.82) is 0 Å². The molecule has 1 aliphatic carbocycles. The quantitative estimate of drug-likeness (QED) is 0.545. The van der Waals surface area contributed by atoms with Gasteiger partial charge in [0.15, 0.2) is 5.78 Å². The zero-order chi connectivity index (χ0) is 21.8. The van der Waals surface area contributed by atoms with Crippen LogP contribution in [0.2, 0.25) is 5.02 Å². The molecule has 1 saturated heterocycles. The molecule has 0 aromatic heterocycles. The van der Waals surface area contributed by atoms with Gasteiger partial charge in [-0.05, 0) is 43.9 Å². The molecule has 6 heteroatoms. The molecule has 2 unspecified atom stereocenters. The average Bonchev–Trinajstić information content (AvgIpc) is 3.35. The molecule has 5 nitrogen and oxygen atoms in total. The molecule has 1 fully saturated rings. The Kier molecular flexibility index (Phi) is 6.52. The molecular weight excluding hydrogens is 412 g/mol. The van der Waals surface area contributed by atoms with Gasteiger partial charge in [0, 0.05) is 29.2 Å². The Bertz CT molecular complexity index is 1010. The summed E-state index contributed by atoms with van der Waals surface area (Å²) in [5, 5.41) is 3.33. The number of amides is 2. The maximum absolute atomic E-state index is 13.2. The standard InChI is InChI=1S/C25H25ClN2O3/c26-18-12-13-22(21(16-18)23(29)17-8-2-1-3-9-17)27-24(30)19-10-4-5-11-20(19)25(31)28-14-6-7-15-28/h1-5,8-9,12-13,16,19-20H,6-7,10-11,14-15H2,(H,27,30). The Hall–Kier alpha value is -2.92. The second kappa shape index (κ2) is 9.48. The van der Waals surface area contributed by atoms with Gasteiger partial charge < -0.3 is 10.2 Å². The summed E-state index contributed by atoms with van der Waals surface area (Å²) in [6, 6.07) is 13.7. The van der Waals surface area contributed by atoms with Crippen molar-refractivity contribution in [3.63, 3.8) is 0 Å². The van der Waals surface area contributed by atoms with E-state index in [0.29, 0.717) is 34.7 Å². The lowest BCUT2D eigenvalue weighted by Gasteiger charge is -2.30. The van der Waals surface area contributed by atoms with E-state index in [-0.39, 0.29) is 23.5 Å². The maximum Gasteiger partial charge on any atom is 0.228 e. The van der Waals surface area contributed by atoms with E-state index in [4.69, 9.17) is 11.6 Å². The molecule has 2 atom stereocenters. The van der Waals surface area contributed by atoms with Crippen LogP contribution >= 0.6 is 11.6 Å². The molecule has 1 N–H and O–H groups in total. The van der Waals surface area contributed by atoms with Crippen LogP contribution in [0.25, 0.3) is 0 Å². The Balaban J connectivity index is 1.57. The van der Waals surface area contributed by atoms with Gasteiger partial charge in [0.2, 0.25) is 11.8 Å². The molecule has 2 aromatic rings. The van der Waals surface area contributed by atoms with Crippen molar-refractivity contribution < 1.29 is 14.4 Å². The van der Waals surface area contributed by atoms with E-state index in [1.807, 2.05) is 23.1 Å². The van der Waals surface area contributed by atoms with Crippen molar-refractivity contribution >= 4 is 34.9 Å². The number of carbonyl (C=O) groups excluding carboxylic acids is 3. The Labute approximate surface area is 187 Å². The third-order valence-electron chi connectivity index (χ3n) is 6.02. The molecule has 4 rings (SSSR count). The van der Waals surface area contributed by atoms with E-state index in [9.17, 15) is 14.4 Å². The number of nitrogens with zero attached hydrogens (tertiary/aromatic N) is 1. The normalized spacial score (nSPS) is 20.5. The highest BCUT2D eigenvalue weighted by atomic mass is 35.5. The van der Waals surface area contributed by atoms with Gasteiger partial charge in [0.05, 0.1) is 17.5 Å². The summed E-state index contributed by atoms with van der Waals surface area (Å²) in [5.74, 6) is -1.24. The first kappa shape index (κ1) is 21.3. The van der Waals surface area contributed by atoms with Gasteiger partial charge in [0.1, 0.15) is 0 Å². The van der Waals surface area contributed by atoms with Crippen molar-refractivity contribution in [1.82, 2.24) is 4.90 Å². The lowest BCUT2D eigenvalue weighted by Crippen LogP contribution is -2.42. The fourth-order valence-electron chi connectivity index (χ4n) is 4.33. The monoisotopic (exact) mass is 436 g/mol. The minimum absolute atomic E-state index is 0.0543. The number of halogens is 1. The second-order valence-electron chi connectivity index (χ2n) is 8.06. The van der Waals surface area contributed by atoms with Crippen molar-refractivity contribution in [2.24, 2.45) is 11.8 Å². The number of hydrogen-bond acceptors (Lipinski definition) is 3. The van der Waals surface area contributed by atoms with Crippen molar-refractivity contribution in [2.75, 3.05) is 18.4 Å². The molecule has 0 saturated carbocycles. The van der Waals surface area contributed by atoms with Crippen LogP contribution in [-0.2, 0) is 9.59 Å². The predicted molar refractivity (Wildman–Crippen MR) is 121 cm³/mol. The van der Waals surface area contributed by atoms with Gasteiger partial charge >= 0.3 is 0 Å². The lowest BCUT2D eigenvalue weighted by molar-refractivity contribution is -0.139. The summed E-state index contributed by atoms with van der Waals surface area (Å²) in [6.45, 7) is 1.53. The Morgan fingerprint density at radius 1 is 0.903 bits per heavy atom. The largest absolute Gasteiger partial charge is 0.342 e. The van der Waals surface area contributed by atoms with Gasteiger partial charge in [-0.15, -0.1) is 0 Å². The number of carbonyl (C=O) groups is 3. The predicted octanol–water partition coefficient (Wildman–Crippen LogP) is 4.71. The molecule has 160 valence electrons. The number of benzene rings is 2. The van der Waals surface area contributed by atoms with Crippen LogP contribution < -0.4 is 5.32 Å². The highest BCUT2D eigenvalue weighted by Gasteiger charge is 2.37. The SMILES string of the molecule is O=C(c1ccccc1)c1cc(Cl)ccc1NC(=O)C1CC=CCC1C(=O)N1CCCC1. The molecule has 0 bridgehead atoms. The van der Waals surface area contributed by atoms with Crippen LogP contribution in [0.4, 0.5) is 5.69 Å². The summed E-state index contributed by atoms with van der Waals surface area (Å²) in [7, 11) is 0. The molecule has 2 aromatic carbocycles. The minimum atomic E-state index is -0.464. The lowest BCUT2D eigenvalue weighted by atomic mass is 9.81. The van der Waals surface area contributed by atoms with Crippen LogP contribution in [0, 0.1) is 11.8 Å². The number of allylic oxidation sites excluding steroid dienone is 2. The van der Waals surface area contributed by atoms with Crippen molar-refractivity contribution in [2.45, 2.75) is 25.7 Å². The third kappa shape index (κ3) is 4.72. The number of rotatable bonds is 5. The summed E-state index contributed by atoms with van der Waals surface area (Å²) in [6.07, 6.45) is 7.03. The van der Waals surface area contributed by atoms with E-state index in [2.05, 4.69) is 5.32 Å². The Morgan fingerprint density at radius 3 is 2.29 bits per heavy atom. The van der Waals surface area contributed by atoms with Crippen molar-refractivity contribution in [3.05, 3.63) is 76.8 Å². The van der Waals surface area contributed by atoms with Gasteiger partial charge in [-0.2, -0.15) is 0 Å². The van der Waals surface area contributed by atoms with Crippen LogP contribution in [0.5, 0.6) is 0 Å². The Morgan fingerprint density at radius 2 is 1.58 bits per heavy atom. The highest BCUT2D eigenvalue weighted by Crippen LogP contribution is 2.31. The number of likely N-dealkylation sites (tertiary alicyclic amines) is 1. The van der Waals surface area contributed by atoms with E-state index < -0.39 is 5.92 Å². The van der Waals surface area contributed by atoms with E-state index in [1.165, 1.54) is 0 Å². The van der Waals surface area contributed by atoms with Crippen molar-refractivity contribution in [3.8, 4) is 0 Å². The zero-order valence-electron chi connectivity index (χ0n) is 17.2. The van der Waals surface area contributed by atoms with Gasteiger partial charge in [0.25, 0.3) is 0 Å². The molecule has 31 heavy (non-hydrogen) atoms. The summed E-state index contributed by atoms with van der Waals surface area (Å²) in [5.41, 5.74) is 1.26. The first-order valence-corrected chi connectivity index (χ1v) is 11.1. The summed E-state index contributed by atoms with van der Waals surface area (Å²) in [4.78, 5) is 41.2. The maximum atomic E-state index is 13.2. The van der Waals surface area contributed by atoms with E-state index >= 15 is 0 Å². The van der Waals surface area contributed by atoms with E-state index in [1.54, 1.807) is 42.5 Å². The summed E-state index contributed by atoms with van der Waals surface area (Å²) >= 11 is 6.15. The van der Waals surface area contributed by atoms with Crippen LogP contribution in [0.15, 0.2) is 60.7 Å². The topological polar surface area (TPSA) is 66.5 Å². The molecular formula is C25H25ClN2O3. The first-order valence-electron chi connectivity index (χ1n) is 10.7. The number of hydrogen-bond donors (Lipinski definition) is 1. The minimum Gasteiger partial charge on any atom is -0.342 e. The van der Waals surface area contributed by atoms with Crippen LogP contribution in [-0.4, -0.2) is 35.6 Å². The fraction of sp³-hybridized carbons (Fsp3) is 0.320. The molecule has 0 spiro atoms. The van der Waals surface area contributed by atoms with Crippen LogP contribution in [0.1, 0.15) is 41.6 Å². The zero-order valence-corrected chi connectivity index (χ0v) is 18.0. The molecule has 1 aliphatic heterocycles. The number of anilines is 1. The third-order valence-corrected chi connectivity index (χ3v) is 6.26. The second-order valence-corrected chi connectivity index (χ2v) is 8.50. The van der Waals surface area contributed by atoms with Gasteiger partial charge in [-0.25, -0.2) is 0 Å². The number of nitrogens with one attached hydrogen (secondary N) is 1. The first-order chi connectivity index (χ1) is 15.0. The van der Waals surface area contributed by atoms with Gasteiger partial charge in [-0.1, -0.05) is 54.1 Å². The fourth-order valence-corrected chi connectivity index (χ4v) is 4.50. The van der Waals surface area contributed by atoms with Gasteiger partial charge in [-0.3, -0.25) is 14.4 Å². The molecule has 2 amide bonds.